The monoisotopic (exact) mass is 503 g/mol. The van der Waals surface area contributed by atoms with Gasteiger partial charge < -0.3 is 4.57 Å². The molecule has 0 unspecified atom stereocenters. The van der Waals surface area contributed by atoms with Crippen molar-refractivity contribution in [3.05, 3.63) is 90.3 Å². The van der Waals surface area contributed by atoms with E-state index in [9.17, 15) is 8.42 Å². The van der Waals surface area contributed by atoms with E-state index in [0.717, 1.165) is 28.9 Å². The Morgan fingerprint density at radius 2 is 1.58 bits per heavy atom. The Labute approximate surface area is 213 Å². The first-order valence-electron chi connectivity index (χ1n) is 12.1. The topological polar surface area (TPSA) is 89.8 Å². The largest absolute Gasteiger partial charge is 0.330 e. The molecule has 0 radical (unpaired) electrons. The van der Waals surface area contributed by atoms with Crippen LogP contribution in [0.1, 0.15) is 51.6 Å². The maximum atomic E-state index is 13.3. The molecule has 0 saturated heterocycles. The molecular weight excluding hydrogens is 470 g/mol. The van der Waals surface area contributed by atoms with Crippen molar-refractivity contribution in [3.63, 3.8) is 0 Å². The lowest BCUT2D eigenvalue weighted by Gasteiger charge is -2.20. The number of nitrogens with one attached hydrogen (secondary N) is 1. The van der Waals surface area contributed by atoms with Gasteiger partial charge in [-0.2, -0.15) is 0 Å². The summed E-state index contributed by atoms with van der Waals surface area (Å²) in [7, 11) is -3.90. The first-order chi connectivity index (χ1) is 17.0. The van der Waals surface area contributed by atoms with E-state index >= 15 is 0 Å². The predicted octanol–water partition coefficient (Wildman–Crippen LogP) is 5.69. The molecule has 0 fully saturated rings. The summed E-state index contributed by atoms with van der Waals surface area (Å²) >= 11 is 0. The molecule has 2 aromatic heterocycles. The van der Waals surface area contributed by atoms with Crippen molar-refractivity contribution in [3.8, 4) is 11.1 Å². The average molecular weight is 504 g/mol. The van der Waals surface area contributed by atoms with Gasteiger partial charge in [-0.3, -0.25) is 0 Å². The number of hydrogen-bond acceptors (Lipinski definition) is 5. The highest BCUT2D eigenvalue weighted by molar-refractivity contribution is 7.92. The highest BCUT2D eigenvalue weighted by Crippen LogP contribution is 2.31. The van der Waals surface area contributed by atoms with Crippen LogP contribution >= 0.6 is 0 Å². The van der Waals surface area contributed by atoms with Gasteiger partial charge in [-0.15, -0.1) is 0 Å². The molecule has 0 bridgehead atoms. The molecular formula is C28H33N5O2S. The van der Waals surface area contributed by atoms with Crippen LogP contribution in [0.4, 0.5) is 5.95 Å². The molecule has 2 heterocycles. The number of aromatic nitrogens is 4. The van der Waals surface area contributed by atoms with Gasteiger partial charge in [-0.1, -0.05) is 65.0 Å². The fourth-order valence-corrected chi connectivity index (χ4v) is 5.40. The van der Waals surface area contributed by atoms with Crippen molar-refractivity contribution >= 4 is 16.0 Å². The summed E-state index contributed by atoms with van der Waals surface area (Å²) in [5.74, 6) is 1.52. The number of imidazole rings is 1. The fraction of sp³-hybridized carbons (Fsp3) is 0.321. The Morgan fingerprint density at radius 1 is 0.917 bits per heavy atom. The molecule has 0 aliphatic heterocycles. The molecule has 4 rings (SSSR count). The lowest BCUT2D eigenvalue weighted by atomic mass is 9.95. The Morgan fingerprint density at radius 3 is 2.22 bits per heavy atom. The van der Waals surface area contributed by atoms with Crippen LogP contribution in [0.2, 0.25) is 0 Å². The van der Waals surface area contributed by atoms with Gasteiger partial charge in [0.15, 0.2) is 0 Å². The van der Waals surface area contributed by atoms with Gasteiger partial charge in [0.1, 0.15) is 5.82 Å². The van der Waals surface area contributed by atoms with E-state index in [0.29, 0.717) is 18.0 Å². The fourth-order valence-electron chi connectivity index (χ4n) is 4.23. The van der Waals surface area contributed by atoms with Crippen LogP contribution in [0.15, 0.2) is 78.2 Å². The summed E-state index contributed by atoms with van der Waals surface area (Å²) in [5.41, 5.74) is 3.63. The van der Waals surface area contributed by atoms with Crippen LogP contribution in [0.25, 0.3) is 11.1 Å². The van der Waals surface area contributed by atoms with Crippen LogP contribution in [-0.4, -0.2) is 27.9 Å². The second-order valence-corrected chi connectivity index (χ2v) is 12.1. The number of anilines is 1. The second-order valence-electron chi connectivity index (χ2n) is 10.4. The standard InChI is InChI=1S/C28H33N5O2S/c1-20(2)17-22-9-12-25(36(34,35)32-27-30-13-6-14-31-27)24(18-22)23-10-7-21(8-11-23)19-33-16-15-29-26(33)28(3,4)5/h6-16,18,20H,17,19H2,1-5H3,(H,30,31,32). The molecule has 0 aliphatic carbocycles. The third-order valence-corrected chi connectivity index (χ3v) is 7.16. The van der Waals surface area contributed by atoms with E-state index in [2.05, 4.69) is 58.9 Å². The van der Waals surface area contributed by atoms with E-state index in [-0.39, 0.29) is 16.3 Å². The predicted molar refractivity (Wildman–Crippen MR) is 143 cm³/mol. The summed E-state index contributed by atoms with van der Waals surface area (Å²) in [6.45, 7) is 11.4. The first-order valence-corrected chi connectivity index (χ1v) is 13.5. The third kappa shape index (κ3) is 5.99. The van der Waals surface area contributed by atoms with Crippen molar-refractivity contribution in [2.24, 2.45) is 5.92 Å². The van der Waals surface area contributed by atoms with E-state index < -0.39 is 10.0 Å². The molecule has 0 amide bonds. The number of nitrogens with zero attached hydrogens (tertiary/aromatic N) is 4. The molecule has 36 heavy (non-hydrogen) atoms. The maximum absolute atomic E-state index is 13.3. The van der Waals surface area contributed by atoms with Crippen molar-refractivity contribution in [2.75, 3.05) is 4.72 Å². The zero-order chi connectivity index (χ0) is 25.9. The van der Waals surface area contributed by atoms with E-state index in [1.807, 2.05) is 48.8 Å². The normalized spacial score (nSPS) is 12.2. The average Bonchev–Trinajstić information content (AvgIpc) is 3.28. The molecule has 0 aliphatic rings. The molecule has 0 saturated carbocycles. The minimum Gasteiger partial charge on any atom is -0.330 e. The minimum atomic E-state index is -3.90. The molecule has 0 spiro atoms. The summed E-state index contributed by atoms with van der Waals surface area (Å²) in [4.78, 5) is 12.8. The molecule has 8 heteroatoms. The smallest absolute Gasteiger partial charge is 0.264 e. The molecule has 188 valence electrons. The highest BCUT2D eigenvalue weighted by Gasteiger charge is 2.22. The Bertz CT molecular complexity index is 1420. The zero-order valence-corrected chi connectivity index (χ0v) is 22.2. The van der Waals surface area contributed by atoms with Crippen LogP contribution in [0.5, 0.6) is 0 Å². The van der Waals surface area contributed by atoms with Crippen LogP contribution < -0.4 is 4.72 Å². The molecule has 0 atom stereocenters. The van der Waals surface area contributed by atoms with Gasteiger partial charge in [-0.05, 0) is 47.2 Å². The molecule has 1 N–H and O–H groups in total. The van der Waals surface area contributed by atoms with E-state index in [4.69, 9.17) is 0 Å². The van der Waals surface area contributed by atoms with Crippen molar-refractivity contribution in [1.82, 2.24) is 19.5 Å². The highest BCUT2D eigenvalue weighted by atomic mass is 32.2. The SMILES string of the molecule is CC(C)Cc1ccc(S(=O)(=O)Nc2ncccn2)c(-c2ccc(Cn3ccnc3C(C)(C)C)cc2)c1. The van der Waals surface area contributed by atoms with E-state index in [1.165, 1.54) is 12.4 Å². The third-order valence-electron chi connectivity index (χ3n) is 5.77. The minimum absolute atomic E-state index is 0.0417. The quantitative estimate of drug-likeness (QED) is 0.334. The van der Waals surface area contributed by atoms with Gasteiger partial charge in [0.25, 0.3) is 10.0 Å². The zero-order valence-electron chi connectivity index (χ0n) is 21.4. The Kier molecular flexibility index (Phi) is 7.26. The number of sulfonamides is 1. The molecule has 7 nitrogen and oxygen atoms in total. The molecule has 2 aromatic carbocycles. The number of hydrogen-bond donors (Lipinski definition) is 1. The summed E-state index contributed by atoms with van der Waals surface area (Å²) in [5, 5.41) is 0. The Hall–Kier alpha value is -3.52. The van der Waals surface area contributed by atoms with Gasteiger partial charge in [-0.25, -0.2) is 28.1 Å². The van der Waals surface area contributed by atoms with Crippen molar-refractivity contribution in [2.45, 2.75) is 57.9 Å². The van der Waals surface area contributed by atoms with Gasteiger partial charge in [0, 0.05) is 42.3 Å². The summed E-state index contributed by atoms with van der Waals surface area (Å²) in [6.07, 6.45) is 7.68. The van der Waals surface area contributed by atoms with Crippen LogP contribution in [0.3, 0.4) is 0 Å². The summed E-state index contributed by atoms with van der Waals surface area (Å²) < 4.78 is 31.3. The number of rotatable bonds is 8. The van der Waals surface area contributed by atoms with Gasteiger partial charge in [0.2, 0.25) is 5.95 Å². The van der Waals surface area contributed by atoms with E-state index in [1.54, 1.807) is 12.1 Å². The molecule has 4 aromatic rings. The van der Waals surface area contributed by atoms with Crippen molar-refractivity contribution in [1.29, 1.82) is 0 Å². The van der Waals surface area contributed by atoms with Crippen LogP contribution in [-0.2, 0) is 28.4 Å². The second kappa shape index (κ2) is 10.2. The summed E-state index contributed by atoms with van der Waals surface area (Å²) in [6, 6.07) is 15.2. The van der Waals surface area contributed by atoms with Crippen LogP contribution in [0, 0.1) is 5.92 Å². The maximum Gasteiger partial charge on any atom is 0.264 e. The van der Waals surface area contributed by atoms with Gasteiger partial charge >= 0.3 is 0 Å². The van der Waals surface area contributed by atoms with Crippen molar-refractivity contribution < 1.29 is 8.42 Å². The first kappa shape index (κ1) is 25.6. The lowest BCUT2D eigenvalue weighted by molar-refractivity contribution is 0.511. The Balaban J connectivity index is 1.69. The lowest BCUT2D eigenvalue weighted by Crippen LogP contribution is -2.19. The van der Waals surface area contributed by atoms with Gasteiger partial charge in [0.05, 0.1) is 4.90 Å². The number of benzene rings is 2.